The summed E-state index contributed by atoms with van der Waals surface area (Å²) in [4.78, 5) is 25.2. The Balaban J connectivity index is 0.00000420. The number of amides is 1. The maximum atomic E-state index is 12.6. The van der Waals surface area contributed by atoms with Crippen LogP contribution in [0.15, 0.2) is 48.5 Å². The lowest BCUT2D eigenvalue weighted by Crippen LogP contribution is -2.34. The van der Waals surface area contributed by atoms with E-state index in [0.717, 1.165) is 5.56 Å². The zero-order valence-electron chi connectivity index (χ0n) is 17.0. The van der Waals surface area contributed by atoms with Crippen molar-refractivity contribution in [2.24, 2.45) is 11.7 Å². The summed E-state index contributed by atoms with van der Waals surface area (Å²) in [6.45, 7) is 5.04. The van der Waals surface area contributed by atoms with E-state index in [1.54, 1.807) is 24.1 Å². The quantitative estimate of drug-likeness (QED) is 0.470. The first-order chi connectivity index (χ1) is 13.3. The standard InChI is InChI=1S/C21H28N4O3.ClH/c1-15(2)18(22)11-12-24(3)21(26)17-9-10-19(20(13-17)25(27)28)23-14-16-7-5-4-6-8-16;/h4-10,13,15,18,23H,11-12,14,22H2,1-3H3;1H. The molecule has 29 heavy (non-hydrogen) atoms. The number of nitrogens with two attached hydrogens (primary N) is 1. The SMILES string of the molecule is CC(C)C(N)CCN(C)C(=O)c1ccc(NCc2ccccc2)c([N+](=O)[O-])c1.Cl. The number of halogens is 1. The zero-order chi connectivity index (χ0) is 20.7. The molecule has 2 rings (SSSR count). The monoisotopic (exact) mass is 420 g/mol. The predicted octanol–water partition coefficient (Wildman–Crippen LogP) is 4.07. The van der Waals surface area contributed by atoms with Gasteiger partial charge in [0.15, 0.2) is 0 Å². The Kier molecular flexibility index (Phi) is 9.58. The fourth-order valence-electron chi connectivity index (χ4n) is 2.76. The minimum absolute atomic E-state index is 0. The zero-order valence-corrected chi connectivity index (χ0v) is 17.8. The molecular weight excluding hydrogens is 392 g/mol. The molecule has 0 spiro atoms. The largest absolute Gasteiger partial charge is 0.375 e. The summed E-state index contributed by atoms with van der Waals surface area (Å²) >= 11 is 0. The normalized spacial score (nSPS) is 11.5. The number of nitro benzene ring substituents is 1. The van der Waals surface area contributed by atoms with Crippen molar-refractivity contribution in [2.75, 3.05) is 18.9 Å². The summed E-state index contributed by atoms with van der Waals surface area (Å²) in [6, 6.07) is 14.1. The second kappa shape index (κ2) is 11.4. The van der Waals surface area contributed by atoms with Gasteiger partial charge in [0, 0.05) is 37.8 Å². The van der Waals surface area contributed by atoms with Gasteiger partial charge in [0.1, 0.15) is 5.69 Å². The molecule has 0 saturated heterocycles. The fourth-order valence-corrected chi connectivity index (χ4v) is 2.76. The van der Waals surface area contributed by atoms with Gasteiger partial charge in [0.05, 0.1) is 4.92 Å². The number of carbonyl (C=O) groups is 1. The lowest BCUT2D eigenvalue weighted by Gasteiger charge is -2.21. The number of hydrogen-bond acceptors (Lipinski definition) is 5. The van der Waals surface area contributed by atoms with Crippen molar-refractivity contribution in [3.63, 3.8) is 0 Å². The smallest absolute Gasteiger partial charge is 0.293 e. The molecule has 1 amide bonds. The number of benzene rings is 2. The summed E-state index contributed by atoms with van der Waals surface area (Å²) in [5, 5.41) is 14.6. The van der Waals surface area contributed by atoms with Gasteiger partial charge in [-0.1, -0.05) is 44.2 Å². The summed E-state index contributed by atoms with van der Waals surface area (Å²) in [6.07, 6.45) is 0.679. The predicted molar refractivity (Wildman–Crippen MR) is 119 cm³/mol. The van der Waals surface area contributed by atoms with Gasteiger partial charge in [-0.25, -0.2) is 0 Å². The molecule has 0 aliphatic carbocycles. The summed E-state index contributed by atoms with van der Waals surface area (Å²) < 4.78 is 0. The van der Waals surface area contributed by atoms with Crippen LogP contribution < -0.4 is 11.1 Å². The highest BCUT2D eigenvalue weighted by Crippen LogP contribution is 2.26. The highest BCUT2D eigenvalue weighted by atomic mass is 35.5. The van der Waals surface area contributed by atoms with Gasteiger partial charge in [0.25, 0.3) is 11.6 Å². The van der Waals surface area contributed by atoms with E-state index in [9.17, 15) is 14.9 Å². The van der Waals surface area contributed by atoms with Crippen LogP contribution in [0.25, 0.3) is 0 Å². The molecule has 0 fully saturated rings. The number of carbonyl (C=O) groups excluding carboxylic acids is 1. The molecule has 0 heterocycles. The third-order valence-electron chi connectivity index (χ3n) is 4.77. The van der Waals surface area contributed by atoms with Crippen LogP contribution in [-0.4, -0.2) is 35.4 Å². The Bertz CT molecular complexity index is 815. The van der Waals surface area contributed by atoms with Crippen molar-refractivity contribution >= 4 is 29.7 Å². The summed E-state index contributed by atoms with van der Waals surface area (Å²) in [5.74, 6) is 0.0771. The van der Waals surface area contributed by atoms with Crippen molar-refractivity contribution < 1.29 is 9.72 Å². The molecule has 8 heteroatoms. The Morgan fingerprint density at radius 3 is 2.45 bits per heavy atom. The Morgan fingerprint density at radius 1 is 1.21 bits per heavy atom. The van der Waals surface area contributed by atoms with Gasteiger partial charge in [-0.2, -0.15) is 0 Å². The van der Waals surface area contributed by atoms with E-state index in [1.165, 1.54) is 6.07 Å². The van der Waals surface area contributed by atoms with Crippen LogP contribution in [0.4, 0.5) is 11.4 Å². The molecular formula is C21H29ClN4O3. The van der Waals surface area contributed by atoms with Crippen molar-refractivity contribution in [3.05, 3.63) is 69.8 Å². The highest BCUT2D eigenvalue weighted by molar-refractivity contribution is 5.95. The van der Waals surface area contributed by atoms with Crippen LogP contribution >= 0.6 is 12.4 Å². The molecule has 2 aromatic carbocycles. The molecule has 0 aliphatic rings. The first-order valence-electron chi connectivity index (χ1n) is 9.37. The summed E-state index contributed by atoms with van der Waals surface area (Å²) in [5.41, 5.74) is 7.60. The number of nitro groups is 1. The number of hydrogen-bond donors (Lipinski definition) is 2. The molecule has 1 unspecified atom stereocenters. The minimum atomic E-state index is -0.473. The molecule has 0 bridgehead atoms. The topological polar surface area (TPSA) is 102 Å². The first kappa shape index (κ1) is 24.4. The van der Waals surface area contributed by atoms with Crippen molar-refractivity contribution in [2.45, 2.75) is 32.9 Å². The van der Waals surface area contributed by atoms with Crippen molar-refractivity contribution in [3.8, 4) is 0 Å². The maximum Gasteiger partial charge on any atom is 0.293 e. The molecule has 0 aromatic heterocycles. The molecule has 3 N–H and O–H groups in total. The van der Waals surface area contributed by atoms with Gasteiger partial charge in [0.2, 0.25) is 0 Å². The third kappa shape index (κ3) is 7.03. The van der Waals surface area contributed by atoms with E-state index < -0.39 is 4.92 Å². The van der Waals surface area contributed by atoms with Gasteiger partial charge >= 0.3 is 0 Å². The van der Waals surface area contributed by atoms with E-state index >= 15 is 0 Å². The number of nitrogens with one attached hydrogen (secondary N) is 1. The van der Waals surface area contributed by atoms with Crippen LogP contribution in [0.2, 0.25) is 0 Å². The van der Waals surface area contributed by atoms with Gasteiger partial charge < -0.3 is 16.0 Å². The van der Waals surface area contributed by atoms with E-state index in [4.69, 9.17) is 5.73 Å². The second-order valence-electron chi connectivity index (χ2n) is 7.25. The highest BCUT2D eigenvalue weighted by Gasteiger charge is 2.20. The van der Waals surface area contributed by atoms with Gasteiger partial charge in [-0.3, -0.25) is 14.9 Å². The molecule has 1 atom stereocenters. The average Bonchev–Trinajstić information content (AvgIpc) is 2.70. The Hall–Kier alpha value is -2.64. The van der Waals surface area contributed by atoms with Crippen molar-refractivity contribution in [1.29, 1.82) is 0 Å². The van der Waals surface area contributed by atoms with E-state index in [-0.39, 0.29) is 35.6 Å². The maximum absolute atomic E-state index is 12.6. The number of nitrogens with zero attached hydrogens (tertiary/aromatic N) is 2. The van der Waals surface area contributed by atoms with Crippen LogP contribution in [0.3, 0.4) is 0 Å². The van der Waals surface area contributed by atoms with E-state index in [2.05, 4.69) is 5.32 Å². The third-order valence-corrected chi connectivity index (χ3v) is 4.77. The lowest BCUT2D eigenvalue weighted by atomic mass is 10.0. The van der Waals surface area contributed by atoms with Crippen LogP contribution in [0.1, 0.15) is 36.2 Å². The van der Waals surface area contributed by atoms with E-state index in [1.807, 2.05) is 44.2 Å². The molecule has 0 aliphatic heterocycles. The molecule has 7 nitrogen and oxygen atoms in total. The number of anilines is 1. The Morgan fingerprint density at radius 2 is 1.86 bits per heavy atom. The van der Waals surface area contributed by atoms with Crippen LogP contribution in [0, 0.1) is 16.0 Å². The first-order valence-corrected chi connectivity index (χ1v) is 9.37. The fraction of sp³-hybridized carbons (Fsp3) is 0.381. The molecule has 0 saturated carbocycles. The molecule has 158 valence electrons. The average molecular weight is 421 g/mol. The van der Waals surface area contributed by atoms with Gasteiger partial charge in [-0.15, -0.1) is 12.4 Å². The minimum Gasteiger partial charge on any atom is -0.375 e. The molecule has 2 aromatic rings. The second-order valence-corrected chi connectivity index (χ2v) is 7.25. The van der Waals surface area contributed by atoms with Gasteiger partial charge in [-0.05, 0) is 30.0 Å². The van der Waals surface area contributed by atoms with Crippen LogP contribution in [-0.2, 0) is 6.54 Å². The van der Waals surface area contributed by atoms with E-state index in [0.29, 0.717) is 31.1 Å². The Labute approximate surface area is 177 Å². The number of rotatable bonds is 9. The summed E-state index contributed by atoms with van der Waals surface area (Å²) in [7, 11) is 1.68. The van der Waals surface area contributed by atoms with Crippen LogP contribution in [0.5, 0.6) is 0 Å². The lowest BCUT2D eigenvalue weighted by molar-refractivity contribution is -0.384. The van der Waals surface area contributed by atoms with Crippen molar-refractivity contribution in [1.82, 2.24) is 4.90 Å². The molecule has 0 radical (unpaired) electrons.